The fourth-order valence-electron chi connectivity index (χ4n) is 7.82. The van der Waals surface area contributed by atoms with Gasteiger partial charge in [0, 0.05) is 49.9 Å². The number of furan rings is 2. The van der Waals surface area contributed by atoms with E-state index in [9.17, 15) is 0 Å². The highest BCUT2D eigenvalue weighted by atomic mass is 16.4. The second kappa shape index (κ2) is 12.5. The molecule has 0 atom stereocenters. The summed E-state index contributed by atoms with van der Waals surface area (Å²) in [6.07, 6.45) is 0. The molecule has 0 N–H and O–H groups in total. The van der Waals surface area contributed by atoms with Gasteiger partial charge in [-0.2, -0.15) is 0 Å². The normalized spacial score (nSPS) is 11.6. The minimum Gasteiger partial charge on any atom is -0.456 e. The van der Waals surface area contributed by atoms with Gasteiger partial charge in [-0.15, -0.1) is 0 Å². The lowest BCUT2D eigenvalue weighted by atomic mass is 10.1. The highest BCUT2D eigenvalue weighted by Gasteiger charge is 2.25. The van der Waals surface area contributed by atoms with Crippen molar-refractivity contribution in [1.82, 2.24) is 4.98 Å². The molecule has 0 saturated heterocycles. The van der Waals surface area contributed by atoms with E-state index in [1.807, 2.05) is 60.7 Å². The summed E-state index contributed by atoms with van der Waals surface area (Å²) in [7, 11) is 0. The summed E-state index contributed by atoms with van der Waals surface area (Å²) in [5.74, 6) is 0.518. The van der Waals surface area contributed by atoms with Crippen molar-refractivity contribution in [2.75, 3.05) is 9.80 Å². The molecule has 0 aliphatic heterocycles. The van der Waals surface area contributed by atoms with Crippen LogP contribution in [0.15, 0.2) is 201 Å². The Hall–Kier alpha value is -7.57. The molecular formula is C49H31N3O3. The Bertz CT molecular complexity index is 3130. The van der Waals surface area contributed by atoms with Gasteiger partial charge < -0.3 is 23.1 Å². The van der Waals surface area contributed by atoms with Crippen LogP contribution in [0.4, 0.5) is 34.1 Å². The van der Waals surface area contributed by atoms with Crippen LogP contribution in [0.25, 0.3) is 66.4 Å². The summed E-state index contributed by atoms with van der Waals surface area (Å²) in [4.78, 5) is 9.80. The monoisotopic (exact) mass is 709 g/mol. The van der Waals surface area contributed by atoms with Crippen molar-refractivity contribution in [3.63, 3.8) is 0 Å². The smallest absolute Gasteiger partial charge is 0.228 e. The van der Waals surface area contributed by atoms with E-state index in [1.165, 1.54) is 0 Å². The van der Waals surface area contributed by atoms with Gasteiger partial charge >= 0.3 is 0 Å². The molecule has 11 aromatic rings. The van der Waals surface area contributed by atoms with Gasteiger partial charge in [0.1, 0.15) is 27.8 Å². The molecule has 6 heteroatoms. The zero-order valence-corrected chi connectivity index (χ0v) is 29.5. The van der Waals surface area contributed by atoms with Crippen LogP contribution in [-0.4, -0.2) is 4.98 Å². The maximum atomic E-state index is 6.95. The molecule has 260 valence electrons. The standard InChI is InChI=1S/C49H31N3O3/c1-4-15-32(16-5-1)51(35-27-28-45-40(29-35)37-21-10-12-24-43(37)53-45)36-30-41-48(42(31-36)52(33-17-6-2-7-18-33)34-19-8-3-9-20-34)55-49(50-41)39-23-14-26-46-47(39)38-22-11-13-25-44(38)54-46/h1-31H. The van der Waals surface area contributed by atoms with Gasteiger partial charge in [0.2, 0.25) is 5.89 Å². The molecule has 0 unspecified atom stereocenters. The van der Waals surface area contributed by atoms with Gasteiger partial charge in [-0.25, -0.2) is 4.98 Å². The molecule has 0 fully saturated rings. The second-order valence-corrected chi connectivity index (χ2v) is 13.6. The number of anilines is 6. The van der Waals surface area contributed by atoms with Crippen LogP contribution in [-0.2, 0) is 0 Å². The van der Waals surface area contributed by atoms with E-state index in [0.29, 0.717) is 11.5 Å². The Kier molecular flexibility index (Phi) is 7.07. The second-order valence-electron chi connectivity index (χ2n) is 13.6. The highest BCUT2D eigenvalue weighted by molar-refractivity contribution is 6.12. The first kappa shape index (κ1) is 31.0. The molecular weight excluding hydrogens is 679 g/mol. The van der Waals surface area contributed by atoms with E-state index in [-0.39, 0.29) is 0 Å². The zero-order chi connectivity index (χ0) is 36.3. The third-order valence-corrected chi connectivity index (χ3v) is 10.2. The lowest BCUT2D eigenvalue weighted by Gasteiger charge is -2.29. The minimum atomic E-state index is 0.518. The fraction of sp³-hybridized carbons (Fsp3) is 0. The first-order chi connectivity index (χ1) is 27.3. The van der Waals surface area contributed by atoms with Crippen LogP contribution in [0.1, 0.15) is 0 Å². The highest BCUT2D eigenvalue weighted by Crippen LogP contribution is 2.47. The Morgan fingerprint density at radius 1 is 0.364 bits per heavy atom. The molecule has 0 spiro atoms. The molecule has 0 aliphatic carbocycles. The van der Waals surface area contributed by atoms with Crippen LogP contribution in [0, 0.1) is 0 Å². The average Bonchev–Trinajstić information content (AvgIpc) is 3.96. The molecule has 8 aromatic carbocycles. The van der Waals surface area contributed by atoms with Crippen LogP contribution < -0.4 is 9.80 Å². The van der Waals surface area contributed by atoms with Crippen LogP contribution in [0.3, 0.4) is 0 Å². The average molecular weight is 710 g/mol. The van der Waals surface area contributed by atoms with E-state index in [2.05, 4.69) is 137 Å². The summed E-state index contributed by atoms with van der Waals surface area (Å²) in [5, 5.41) is 4.12. The largest absolute Gasteiger partial charge is 0.456 e. The van der Waals surface area contributed by atoms with E-state index in [1.54, 1.807) is 0 Å². The first-order valence-corrected chi connectivity index (χ1v) is 18.3. The molecule has 11 rings (SSSR count). The minimum absolute atomic E-state index is 0.518. The van der Waals surface area contributed by atoms with Crippen molar-refractivity contribution >= 4 is 89.1 Å². The molecule has 3 heterocycles. The fourth-order valence-corrected chi connectivity index (χ4v) is 7.82. The van der Waals surface area contributed by atoms with E-state index < -0.39 is 0 Å². The maximum absolute atomic E-state index is 6.95. The number of hydrogen-bond acceptors (Lipinski definition) is 6. The van der Waals surface area contributed by atoms with E-state index >= 15 is 0 Å². The van der Waals surface area contributed by atoms with Gasteiger partial charge in [-0.3, -0.25) is 0 Å². The van der Waals surface area contributed by atoms with Crippen molar-refractivity contribution in [2.45, 2.75) is 0 Å². The summed E-state index contributed by atoms with van der Waals surface area (Å²) >= 11 is 0. The third-order valence-electron chi connectivity index (χ3n) is 10.2. The Balaban J connectivity index is 1.20. The van der Waals surface area contributed by atoms with E-state index in [4.69, 9.17) is 18.2 Å². The number of oxazole rings is 1. The number of rotatable bonds is 7. The lowest BCUT2D eigenvalue weighted by molar-refractivity contribution is 0.620. The van der Waals surface area contributed by atoms with Crippen LogP contribution in [0.5, 0.6) is 0 Å². The van der Waals surface area contributed by atoms with Crippen LogP contribution in [0.2, 0.25) is 0 Å². The Morgan fingerprint density at radius 3 is 1.64 bits per heavy atom. The summed E-state index contributed by atoms with van der Waals surface area (Å²) in [6, 6.07) is 64.3. The molecule has 0 aliphatic rings. The number of hydrogen-bond donors (Lipinski definition) is 0. The van der Waals surface area contributed by atoms with Crippen molar-refractivity contribution in [3.8, 4) is 11.5 Å². The van der Waals surface area contributed by atoms with Crippen molar-refractivity contribution < 1.29 is 13.3 Å². The number of fused-ring (bicyclic) bond motifs is 7. The van der Waals surface area contributed by atoms with Crippen molar-refractivity contribution in [2.24, 2.45) is 0 Å². The van der Waals surface area contributed by atoms with Crippen molar-refractivity contribution in [3.05, 3.63) is 188 Å². The summed E-state index contributed by atoms with van der Waals surface area (Å²) in [6.45, 7) is 0. The molecule has 0 amide bonds. The molecule has 6 nitrogen and oxygen atoms in total. The number of aromatic nitrogens is 1. The quantitative estimate of drug-likeness (QED) is 0.164. The van der Waals surface area contributed by atoms with Gasteiger partial charge in [0.05, 0.1) is 11.4 Å². The van der Waals surface area contributed by atoms with E-state index in [0.717, 1.165) is 89.1 Å². The number of nitrogens with zero attached hydrogens (tertiary/aromatic N) is 3. The topological polar surface area (TPSA) is 58.8 Å². The van der Waals surface area contributed by atoms with Gasteiger partial charge in [0.25, 0.3) is 0 Å². The van der Waals surface area contributed by atoms with Gasteiger partial charge in [-0.1, -0.05) is 97.1 Å². The molecule has 55 heavy (non-hydrogen) atoms. The third kappa shape index (κ3) is 5.15. The predicted molar refractivity (Wildman–Crippen MR) is 223 cm³/mol. The van der Waals surface area contributed by atoms with Crippen LogP contribution >= 0.6 is 0 Å². The SMILES string of the molecule is c1ccc(N(c2cc(N(c3ccccc3)c3ccccc3)c3oc(-c4cccc5oc6ccccc6c45)nc3c2)c2ccc3oc4ccccc4c3c2)cc1. The van der Waals surface area contributed by atoms with Gasteiger partial charge in [0.15, 0.2) is 5.58 Å². The lowest BCUT2D eigenvalue weighted by Crippen LogP contribution is -2.13. The molecule has 0 saturated carbocycles. The summed E-state index contributed by atoms with van der Waals surface area (Å²) < 4.78 is 19.5. The molecule has 3 aromatic heterocycles. The first-order valence-electron chi connectivity index (χ1n) is 18.3. The Morgan fingerprint density at radius 2 is 0.927 bits per heavy atom. The van der Waals surface area contributed by atoms with Crippen molar-refractivity contribution in [1.29, 1.82) is 0 Å². The molecule has 0 bridgehead atoms. The Labute approximate surface area is 315 Å². The van der Waals surface area contributed by atoms with Gasteiger partial charge in [-0.05, 0) is 91.0 Å². The number of benzene rings is 8. The molecule has 0 radical (unpaired) electrons. The predicted octanol–water partition coefficient (Wildman–Crippen LogP) is 14.2. The maximum Gasteiger partial charge on any atom is 0.228 e. The summed E-state index contributed by atoms with van der Waals surface area (Å²) in [5.41, 5.74) is 11.3. The number of para-hydroxylation sites is 5. The zero-order valence-electron chi connectivity index (χ0n) is 29.5.